The summed E-state index contributed by atoms with van der Waals surface area (Å²) in [7, 11) is 2.18. The van der Waals surface area contributed by atoms with Gasteiger partial charge in [-0.3, -0.25) is 4.79 Å². The molecule has 3 N–H and O–H groups in total. The Kier molecular flexibility index (Phi) is 6.26. The molecule has 1 amide bonds. The number of piperidine rings is 2. The summed E-state index contributed by atoms with van der Waals surface area (Å²) >= 11 is 0. The Labute approximate surface area is 150 Å². The van der Waals surface area contributed by atoms with Crippen LogP contribution in [0, 0.1) is 5.92 Å². The fraction of sp³-hybridized carbons (Fsp3) is 0.684. The number of likely N-dealkylation sites (tertiary alicyclic amines) is 1. The van der Waals surface area contributed by atoms with Crippen molar-refractivity contribution in [3.8, 4) is 0 Å². The summed E-state index contributed by atoms with van der Waals surface area (Å²) in [5.41, 5.74) is 6.66. The number of anilines is 1. The molecule has 0 saturated carbocycles. The van der Waals surface area contributed by atoms with Gasteiger partial charge in [-0.1, -0.05) is 0 Å². The van der Waals surface area contributed by atoms with Gasteiger partial charge in [0.15, 0.2) is 0 Å². The van der Waals surface area contributed by atoms with E-state index in [1.165, 1.54) is 19.4 Å². The second-order valence-electron chi connectivity index (χ2n) is 7.54. The van der Waals surface area contributed by atoms with E-state index in [-0.39, 0.29) is 5.91 Å². The monoisotopic (exact) mass is 345 g/mol. The highest BCUT2D eigenvalue weighted by Gasteiger charge is 2.19. The molecule has 0 spiro atoms. The van der Waals surface area contributed by atoms with Gasteiger partial charge >= 0.3 is 0 Å². The predicted octanol–water partition coefficient (Wildman–Crippen LogP) is 1.47. The first-order valence-electron chi connectivity index (χ1n) is 9.55. The largest absolute Gasteiger partial charge is 0.356 e. The molecule has 2 aliphatic heterocycles. The molecule has 2 saturated heterocycles. The third-order valence-electron chi connectivity index (χ3n) is 5.43. The molecule has 1 atom stereocenters. The summed E-state index contributed by atoms with van der Waals surface area (Å²) in [5, 5.41) is 3.07. The second-order valence-corrected chi connectivity index (χ2v) is 7.54. The van der Waals surface area contributed by atoms with Gasteiger partial charge in [0.25, 0.3) is 5.91 Å². The summed E-state index contributed by atoms with van der Waals surface area (Å²) in [4.78, 5) is 21.5. The van der Waals surface area contributed by atoms with Gasteiger partial charge in [0, 0.05) is 44.0 Å². The number of pyridine rings is 1. The van der Waals surface area contributed by atoms with Crippen LogP contribution in [-0.4, -0.2) is 61.6 Å². The van der Waals surface area contributed by atoms with Gasteiger partial charge < -0.3 is 20.9 Å². The van der Waals surface area contributed by atoms with Gasteiger partial charge in [-0.25, -0.2) is 4.98 Å². The van der Waals surface area contributed by atoms with Gasteiger partial charge in [-0.2, -0.15) is 0 Å². The number of hydrogen-bond donors (Lipinski definition) is 2. The van der Waals surface area contributed by atoms with Crippen LogP contribution in [0.4, 0.5) is 5.82 Å². The number of carbonyl (C=O) groups excluding carboxylic acids is 1. The average Bonchev–Trinajstić information content (AvgIpc) is 2.62. The lowest BCUT2D eigenvalue weighted by Gasteiger charge is -2.31. The van der Waals surface area contributed by atoms with E-state index >= 15 is 0 Å². The van der Waals surface area contributed by atoms with Crippen LogP contribution in [0.3, 0.4) is 0 Å². The fourth-order valence-corrected chi connectivity index (χ4v) is 3.86. The van der Waals surface area contributed by atoms with Crippen LogP contribution < -0.4 is 16.0 Å². The van der Waals surface area contributed by atoms with Crippen LogP contribution in [0.1, 0.15) is 42.5 Å². The molecular weight excluding hydrogens is 314 g/mol. The van der Waals surface area contributed by atoms with Crippen molar-refractivity contribution in [3.63, 3.8) is 0 Å². The first kappa shape index (κ1) is 18.1. The highest BCUT2D eigenvalue weighted by molar-refractivity contribution is 5.94. The zero-order valence-corrected chi connectivity index (χ0v) is 15.3. The summed E-state index contributed by atoms with van der Waals surface area (Å²) in [6, 6.07) is 3.99. The molecule has 3 rings (SSSR count). The molecule has 3 heterocycles. The number of hydrogen-bond acceptors (Lipinski definition) is 5. The van der Waals surface area contributed by atoms with Crippen molar-refractivity contribution in [2.75, 3.05) is 44.7 Å². The smallest absolute Gasteiger partial charge is 0.251 e. The van der Waals surface area contributed by atoms with Crippen LogP contribution in [0.25, 0.3) is 0 Å². The molecular formula is C19H31N5O. The highest BCUT2D eigenvalue weighted by Crippen LogP contribution is 2.19. The quantitative estimate of drug-likeness (QED) is 0.845. The number of carbonyl (C=O) groups is 1. The lowest BCUT2D eigenvalue weighted by Crippen LogP contribution is -2.40. The summed E-state index contributed by atoms with van der Waals surface area (Å²) in [6.45, 7) is 4.91. The van der Waals surface area contributed by atoms with E-state index in [0.29, 0.717) is 17.5 Å². The minimum absolute atomic E-state index is 0.00141. The van der Waals surface area contributed by atoms with Crippen molar-refractivity contribution >= 4 is 11.7 Å². The van der Waals surface area contributed by atoms with Crippen molar-refractivity contribution < 1.29 is 4.79 Å². The lowest BCUT2D eigenvalue weighted by molar-refractivity contribution is 0.0948. The van der Waals surface area contributed by atoms with E-state index in [1.807, 2.05) is 6.07 Å². The SMILES string of the molecule is CN1CCCC(CCNC(=O)c2ccnc(N3CCC(N)CC3)c2)C1. The maximum atomic E-state index is 12.4. The van der Waals surface area contributed by atoms with Crippen molar-refractivity contribution in [2.24, 2.45) is 11.7 Å². The molecule has 1 aromatic rings. The Bertz CT molecular complexity index is 571. The Morgan fingerprint density at radius 2 is 2.12 bits per heavy atom. The maximum absolute atomic E-state index is 12.4. The van der Waals surface area contributed by atoms with Crippen LogP contribution in [-0.2, 0) is 0 Å². The predicted molar refractivity (Wildman–Crippen MR) is 101 cm³/mol. The Hall–Kier alpha value is -1.66. The molecule has 1 unspecified atom stereocenters. The first-order chi connectivity index (χ1) is 12.1. The summed E-state index contributed by atoms with van der Waals surface area (Å²) < 4.78 is 0. The van der Waals surface area contributed by atoms with E-state index in [1.54, 1.807) is 12.3 Å². The van der Waals surface area contributed by atoms with Crippen LogP contribution in [0.15, 0.2) is 18.3 Å². The fourth-order valence-electron chi connectivity index (χ4n) is 3.86. The van der Waals surface area contributed by atoms with E-state index in [4.69, 9.17) is 5.73 Å². The minimum Gasteiger partial charge on any atom is -0.356 e. The lowest BCUT2D eigenvalue weighted by atomic mass is 9.95. The number of rotatable bonds is 5. The molecule has 0 bridgehead atoms. The van der Waals surface area contributed by atoms with Gasteiger partial charge in [-0.05, 0) is 63.7 Å². The van der Waals surface area contributed by atoms with E-state index in [2.05, 4.69) is 27.1 Å². The molecule has 0 aromatic carbocycles. The van der Waals surface area contributed by atoms with Crippen LogP contribution in [0.2, 0.25) is 0 Å². The molecule has 6 heteroatoms. The van der Waals surface area contributed by atoms with Gasteiger partial charge in [0.1, 0.15) is 5.82 Å². The normalized spacial score (nSPS) is 22.8. The Balaban J connectivity index is 1.49. The molecule has 6 nitrogen and oxygen atoms in total. The third kappa shape index (κ3) is 5.16. The van der Waals surface area contributed by atoms with Crippen LogP contribution in [0.5, 0.6) is 0 Å². The van der Waals surface area contributed by atoms with E-state index in [0.717, 1.165) is 51.3 Å². The Morgan fingerprint density at radius 1 is 1.32 bits per heavy atom. The molecule has 138 valence electrons. The highest BCUT2D eigenvalue weighted by atomic mass is 16.1. The number of nitrogens with zero attached hydrogens (tertiary/aromatic N) is 3. The first-order valence-corrected chi connectivity index (χ1v) is 9.55. The molecule has 0 radical (unpaired) electrons. The molecule has 2 fully saturated rings. The minimum atomic E-state index is 0.00141. The zero-order valence-electron chi connectivity index (χ0n) is 15.3. The summed E-state index contributed by atoms with van der Waals surface area (Å²) in [5.74, 6) is 1.58. The standard InChI is InChI=1S/C19H31N5O/c1-23-10-2-3-15(14-23)4-8-22-19(25)16-5-9-21-18(13-16)24-11-6-17(20)7-12-24/h5,9,13,15,17H,2-4,6-8,10-12,14,20H2,1H3,(H,22,25). The Morgan fingerprint density at radius 3 is 2.88 bits per heavy atom. The van der Waals surface area contributed by atoms with E-state index in [9.17, 15) is 4.79 Å². The molecule has 1 aromatic heterocycles. The molecule has 25 heavy (non-hydrogen) atoms. The van der Waals surface area contributed by atoms with Crippen molar-refractivity contribution in [2.45, 2.75) is 38.1 Å². The van der Waals surface area contributed by atoms with E-state index < -0.39 is 0 Å². The van der Waals surface area contributed by atoms with Crippen LogP contribution >= 0.6 is 0 Å². The van der Waals surface area contributed by atoms with Gasteiger partial charge in [-0.15, -0.1) is 0 Å². The molecule has 0 aliphatic carbocycles. The number of nitrogens with two attached hydrogens (primary N) is 1. The zero-order chi connectivity index (χ0) is 17.6. The van der Waals surface area contributed by atoms with Crippen molar-refractivity contribution in [1.29, 1.82) is 0 Å². The molecule has 2 aliphatic rings. The number of aromatic nitrogens is 1. The topological polar surface area (TPSA) is 74.5 Å². The number of amides is 1. The van der Waals surface area contributed by atoms with Crippen molar-refractivity contribution in [3.05, 3.63) is 23.9 Å². The third-order valence-corrected chi connectivity index (χ3v) is 5.43. The van der Waals surface area contributed by atoms with Gasteiger partial charge in [0.2, 0.25) is 0 Å². The second kappa shape index (κ2) is 8.63. The van der Waals surface area contributed by atoms with Gasteiger partial charge in [0.05, 0.1) is 0 Å². The average molecular weight is 345 g/mol. The number of nitrogens with one attached hydrogen (secondary N) is 1. The maximum Gasteiger partial charge on any atom is 0.251 e. The summed E-state index contributed by atoms with van der Waals surface area (Å²) in [6.07, 6.45) is 7.29. The van der Waals surface area contributed by atoms with Crippen molar-refractivity contribution in [1.82, 2.24) is 15.2 Å².